The molecule has 0 unspecified atom stereocenters. The second-order valence-electron chi connectivity index (χ2n) is 2.72. The lowest BCUT2D eigenvalue weighted by atomic mass is 9.96. The normalized spacial score (nSPS) is 45.0. The van der Waals surface area contributed by atoms with Crippen molar-refractivity contribution in [2.24, 2.45) is 5.92 Å². The molecule has 8 heavy (non-hydrogen) atoms. The lowest BCUT2D eigenvalue weighted by Crippen LogP contribution is -2.48. The Labute approximate surface area is 49.8 Å². The van der Waals surface area contributed by atoms with Crippen molar-refractivity contribution in [3.05, 3.63) is 0 Å². The van der Waals surface area contributed by atoms with Crippen LogP contribution in [0.3, 0.4) is 0 Å². The number of nitrogens with zero attached hydrogens (tertiary/aromatic N) is 2. The van der Waals surface area contributed by atoms with E-state index in [1.54, 1.807) is 0 Å². The molecule has 45 valence electrons. The molecule has 0 spiro atoms. The van der Waals surface area contributed by atoms with Crippen LogP contribution < -0.4 is 5.43 Å². The third-order valence-corrected chi connectivity index (χ3v) is 2.13. The molecule has 1 radical (unpaired) electrons. The number of hydrogen-bond donors (Lipinski definition) is 0. The van der Waals surface area contributed by atoms with Crippen LogP contribution in [0, 0.1) is 5.92 Å². The zero-order valence-electron chi connectivity index (χ0n) is 5.01. The van der Waals surface area contributed by atoms with Crippen LogP contribution in [-0.2, 0) is 0 Å². The molecule has 3 rings (SSSR count). The SMILES string of the molecule is C1CN2CCC1C[N]2. The van der Waals surface area contributed by atoms with Gasteiger partial charge in [0.25, 0.3) is 0 Å². The van der Waals surface area contributed by atoms with Crippen LogP contribution in [0.4, 0.5) is 0 Å². The van der Waals surface area contributed by atoms with E-state index in [0.29, 0.717) is 0 Å². The van der Waals surface area contributed by atoms with Crippen LogP contribution in [0.15, 0.2) is 0 Å². The molecule has 2 bridgehead atoms. The second kappa shape index (κ2) is 1.71. The number of piperidine rings is 1. The van der Waals surface area contributed by atoms with E-state index in [-0.39, 0.29) is 0 Å². The Hall–Kier alpha value is -0.0800. The summed E-state index contributed by atoms with van der Waals surface area (Å²) < 4.78 is 0. The average Bonchev–Trinajstić information content (AvgIpc) is 1.92. The largest absolute Gasteiger partial charge is 0.227 e. The Morgan fingerprint density at radius 2 is 2.00 bits per heavy atom. The Balaban J connectivity index is 2.03. The van der Waals surface area contributed by atoms with E-state index in [2.05, 4.69) is 10.4 Å². The monoisotopic (exact) mass is 111 g/mol. The van der Waals surface area contributed by atoms with Crippen LogP contribution in [0.2, 0.25) is 0 Å². The summed E-state index contributed by atoms with van der Waals surface area (Å²) in [6, 6.07) is 0. The zero-order valence-corrected chi connectivity index (χ0v) is 5.01. The predicted molar refractivity (Wildman–Crippen MR) is 31.3 cm³/mol. The van der Waals surface area contributed by atoms with Crippen LogP contribution in [0.25, 0.3) is 0 Å². The fourth-order valence-corrected chi connectivity index (χ4v) is 1.47. The van der Waals surface area contributed by atoms with Gasteiger partial charge >= 0.3 is 0 Å². The van der Waals surface area contributed by atoms with Gasteiger partial charge in [-0.3, -0.25) is 0 Å². The summed E-state index contributed by atoms with van der Waals surface area (Å²) in [5, 5.41) is 2.21. The maximum Gasteiger partial charge on any atom is 0.0336 e. The van der Waals surface area contributed by atoms with Crippen molar-refractivity contribution in [3.63, 3.8) is 0 Å². The van der Waals surface area contributed by atoms with Gasteiger partial charge in [-0.05, 0) is 18.8 Å². The van der Waals surface area contributed by atoms with Crippen LogP contribution in [0.5, 0.6) is 0 Å². The van der Waals surface area contributed by atoms with Gasteiger partial charge in [0.15, 0.2) is 0 Å². The fourth-order valence-electron chi connectivity index (χ4n) is 1.47. The first-order valence-corrected chi connectivity index (χ1v) is 3.37. The number of fused-ring (bicyclic) bond motifs is 3. The maximum absolute atomic E-state index is 4.33. The van der Waals surface area contributed by atoms with Crippen molar-refractivity contribution in [3.8, 4) is 0 Å². The molecule has 0 amide bonds. The molecule has 3 heterocycles. The highest BCUT2D eigenvalue weighted by Crippen LogP contribution is 2.20. The maximum atomic E-state index is 4.33. The lowest BCUT2D eigenvalue weighted by Gasteiger charge is -2.37. The summed E-state index contributed by atoms with van der Waals surface area (Å²) >= 11 is 0. The van der Waals surface area contributed by atoms with Crippen molar-refractivity contribution in [2.75, 3.05) is 19.6 Å². The van der Waals surface area contributed by atoms with E-state index in [4.69, 9.17) is 0 Å². The van der Waals surface area contributed by atoms with Gasteiger partial charge in [0, 0.05) is 19.6 Å². The molecular weight excluding hydrogens is 100 g/mol. The quantitative estimate of drug-likeness (QED) is 0.437. The lowest BCUT2D eigenvalue weighted by molar-refractivity contribution is 0.0510. The first kappa shape index (κ1) is 4.77. The van der Waals surface area contributed by atoms with E-state index in [1.165, 1.54) is 25.9 Å². The highest BCUT2D eigenvalue weighted by Gasteiger charge is 2.25. The molecule has 0 N–H and O–H groups in total. The molecule has 3 aliphatic rings. The summed E-state index contributed by atoms with van der Waals surface area (Å²) in [5.74, 6) is 0.944. The number of rotatable bonds is 0. The smallest absolute Gasteiger partial charge is 0.0336 e. The molecule has 3 fully saturated rings. The van der Waals surface area contributed by atoms with E-state index in [1.807, 2.05) is 0 Å². The van der Waals surface area contributed by atoms with Gasteiger partial charge in [-0.15, -0.1) is 0 Å². The molecule has 0 saturated carbocycles. The summed E-state index contributed by atoms with van der Waals surface area (Å²) in [6.07, 6.45) is 2.78. The molecule has 0 aromatic rings. The van der Waals surface area contributed by atoms with Crippen molar-refractivity contribution < 1.29 is 0 Å². The fraction of sp³-hybridized carbons (Fsp3) is 1.00. The van der Waals surface area contributed by atoms with E-state index < -0.39 is 0 Å². The molecule has 0 atom stereocenters. The van der Waals surface area contributed by atoms with Crippen LogP contribution >= 0.6 is 0 Å². The predicted octanol–water partition coefficient (Wildman–Crippen LogP) is 0.231. The standard InChI is InChI=1S/C6H11N2/c1-3-8-4-2-6(1)5-7-8/h6H,1-5H2. The highest BCUT2D eigenvalue weighted by atomic mass is 15.5. The Morgan fingerprint density at radius 3 is 2.12 bits per heavy atom. The summed E-state index contributed by atoms with van der Waals surface area (Å²) in [6.45, 7) is 3.56. The van der Waals surface area contributed by atoms with Gasteiger partial charge in [0.05, 0.1) is 0 Å². The molecule has 2 nitrogen and oxygen atoms in total. The summed E-state index contributed by atoms with van der Waals surface area (Å²) in [7, 11) is 0. The average molecular weight is 111 g/mol. The van der Waals surface area contributed by atoms with Gasteiger partial charge in [-0.1, -0.05) is 0 Å². The van der Waals surface area contributed by atoms with Crippen molar-refractivity contribution in [2.45, 2.75) is 12.8 Å². The summed E-state index contributed by atoms with van der Waals surface area (Å²) in [4.78, 5) is 0. The molecular formula is C6H11N2. The Morgan fingerprint density at radius 1 is 1.25 bits per heavy atom. The van der Waals surface area contributed by atoms with E-state index in [0.717, 1.165) is 12.5 Å². The molecule has 3 aliphatic heterocycles. The molecule has 3 saturated heterocycles. The second-order valence-corrected chi connectivity index (χ2v) is 2.72. The molecule has 2 heteroatoms. The minimum absolute atomic E-state index is 0.944. The van der Waals surface area contributed by atoms with Crippen molar-refractivity contribution in [1.82, 2.24) is 10.4 Å². The first-order valence-electron chi connectivity index (χ1n) is 3.37. The number of hydrogen-bond acceptors (Lipinski definition) is 1. The Bertz CT molecular complexity index is 61.5. The third kappa shape index (κ3) is 0.644. The van der Waals surface area contributed by atoms with Crippen LogP contribution in [0.1, 0.15) is 12.8 Å². The zero-order chi connectivity index (χ0) is 5.40. The molecule has 0 aliphatic carbocycles. The van der Waals surface area contributed by atoms with E-state index >= 15 is 0 Å². The van der Waals surface area contributed by atoms with Crippen molar-refractivity contribution >= 4 is 0 Å². The van der Waals surface area contributed by atoms with Gasteiger partial charge < -0.3 is 0 Å². The van der Waals surface area contributed by atoms with Gasteiger partial charge in [0.2, 0.25) is 0 Å². The Kier molecular flexibility index (Phi) is 1.02. The highest BCUT2D eigenvalue weighted by molar-refractivity contribution is 4.76. The minimum Gasteiger partial charge on any atom is -0.227 e. The van der Waals surface area contributed by atoms with E-state index in [9.17, 15) is 0 Å². The topological polar surface area (TPSA) is 17.3 Å². The minimum atomic E-state index is 0.944. The van der Waals surface area contributed by atoms with Gasteiger partial charge in [0.1, 0.15) is 0 Å². The van der Waals surface area contributed by atoms with Gasteiger partial charge in [-0.25, -0.2) is 5.01 Å². The van der Waals surface area contributed by atoms with Crippen molar-refractivity contribution in [1.29, 1.82) is 0 Å². The van der Waals surface area contributed by atoms with Crippen LogP contribution in [-0.4, -0.2) is 24.6 Å². The third-order valence-electron chi connectivity index (χ3n) is 2.13. The first-order chi connectivity index (χ1) is 3.95. The molecule has 0 aromatic heterocycles. The molecule has 0 aromatic carbocycles. The van der Waals surface area contributed by atoms with Gasteiger partial charge in [-0.2, -0.15) is 5.43 Å². The summed E-state index contributed by atoms with van der Waals surface area (Å²) in [5.41, 5.74) is 4.33.